The minimum atomic E-state index is 0.000830. The Morgan fingerprint density at radius 1 is 0.507 bits per heavy atom. The van der Waals surface area contributed by atoms with Crippen LogP contribution in [-0.2, 0) is 10.8 Å². The molecule has 0 N–H and O–H groups in total. The van der Waals surface area contributed by atoms with Gasteiger partial charge < -0.3 is 9.80 Å². The molecule has 0 saturated heterocycles. The molecular weight excluding hydrogens is 868 g/mol. The fraction of sp³-hybridized carbons (Fsp3) is 0.213. The summed E-state index contributed by atoms with van der Waals surface area (Å²) in [5, 5.41) is 10.0. The molecule has 0 spiro atoms. The van der Waals surface area contributed by atoms with Crippen LogP contribution >= 0.6 is 34.0 Å². The first-order valence-corrected chi connectivity index (χ1v) is 26.4. The van der Waals surface area contributed by atoms with Gasteiger partial charge in [0.1, 0.15) is 0 Å². The fourth-order valence-electron chi connectivity index (χ4n) is 11.0. The molecule has 0 atom stereocenters. The van der Waals surface area contributed by atoms with Crippen molar-refractivity contribution < 1.29 is 0 Å². The van der Waals surface area contributed by atoms with E-state index in [1.807, 2.05) is 34.0 Å². The maximum absolute atomic E-state index is 2.69. The molecule has 7 aromatic carbocycles. The first-order valence-electron chi connectivity index (χ1n) is 23.8. The third-order valence-corrected chi connectivity index (χ3v) is 17.6. The van der Waals surface area contributed by atoms with Crippen molar-refractivity contribution >= 4 is 121 Å². The van der Waals surface area contributed by atoms with Crippen molar-refractivity contribution in [1.82, 2.24) is 0 Å². The molecule has 3 aromatic heterocycles. The first kappa shape index (κ1) is 42.4. The van der Waals surface area contributed by atoms with E-state index in [-0.39, 0.29) is 17.5 Å². The minimum Gasteiger partial charge on any atom is -0.311 e. The van der Waals surface area contributed by atoms with Crippen LogP contribution in [0.15, 0.2) is 144 Å². The van der Waals surface area contributed by atoms with Gasteiger partial charge in [-0.1, -0.05) is 140 Å². The van der Waals surface area contributed by atoms with Crippen molar-refractivity contribution in [3.05, 3.63) is 172 Å². The molecule has 0 radical (unpaired) electrons. The highest BCUT2D eigenvalue weighted by molar-refractivity contribution is 7.26. The van der Waals surface area contributed by atoms with Gasteiger partial charge in [0.25, 0.3) is 6.71 Å². The Balaban J connectivity index is 1.20. The number of anilines is 6. The number of thiophene rings is 3. The second-order valence-corrected chi connectivity index (χ2v) is 24.2. The third-order valence-electron chi connectivity index (χ3n) is 14.5. The van der Waals surface area contributed by atoms with Gasteiger partial charge in [0.2, 0.25) is 0 Å². The summed E-state index contributed by atoms with van der Waals surface area (Å²) in [5.41, 5.74) is 22.2. The standard InChI is InChI=1S/C61H55BN2S3/c1-35(2)40-30-51-57-52(31-40)64(58-36(3)26-42(27-37(58)4)61(8,9)10)59-56(46-32-41(60(5,6)7)23-25-55(46)67-59)62(57)49-24-22-39(48-34-66-54-21-14-12-19-45(48)54)29-50(49)63(51)43-17-15-16-38(28-43)47-33-65-53-20-13-11-18-44(47)53/h11-35H,1-10H3. The number of rotatable bonds is 5. The van der Waals surface area contributed by atoms with Crippen LogP contribution in [-0.4, -0.2) is 6.71 Å². The van der Waals surface area contributed by atoms with Gasteiger partial charge in [0, 0.05) is 58.7 Å². The lowest BCUT2D eigenvalue weighted by Gasteiger charge is -2.44. The number of hydrogen-bond donors (Lipinski definition) is 0. The van der Waals surface area contributed by atoms with E-state index >= 15 is 0 Å². The quantitative estimate of drug-likeness (QED) is 0.159. The summed E-state index contributed by atoms with van der Waals surface area (Å²) in [5.74, 6) is 0.306. The van der Waals surface area contributed by atoms with Gasteiger partial charge in [0.05, 0.1) is 10.7 Å². The predicted molar refractivity (Wildman–Crippen MR) is 298 cm³/mol. The predicted octanol–water partition coefficient (Wildman–Crippen LogP) is 17.1. The lowest BCUT2D eigenvalue weighted by molar-refractivity contribution is 0.589. The van der Waals surface area contributed by atoms with Crippen molar-refractivity contribution in [2.45, 2.75) is 86.0 Å². The molecular formula is C61H55BN2S3. The monoisotopic (exact) mass is 922 g/mol. The van der Waals surface area contributed by atoms with E-state index in [1.165, 1.54) is 130 Å². The highest BCUT2D eigenvalue weighted by Gasteiger charge is 2.46. The smallest absolute Gasteiger partial charge is 0.254 e. The van der Waals surface area contributed by atoms with Gasteiger partial charge in [-0.2, -0.15) is 0 Å². The van der Waals surface area contributed by atoms with Gasteiger partial charge in [-0.15, -0.1) is 34.0 Å². The van der Waals surface area contributed by atoms with Gasteiger partial charge >= 0.3 is 0 Å². The summed E-state index contributed by atoms with van der Waals surface area (Å²) in [4.78, 5) is 5.32. The van der Waals surface area contributed by atoms with Crippen LogP contribution in [0.25, 0.3) is 52.5 Å². The van der Waals surface area contributed by atoms with Crippen molar-refractivity contribution in [3.8, 4) is 22.3 Å². The lowest BCUT2D eigenvalue weighted by Crippen LogP contribution is -2.61. The molecule has 6 heteroatoms. The Morgan fingerprint density at radius 2 is 1.12 bits per heavy atom. The van der Waals surface area contributed by atoms with E-state index in [2.05, 4.69) is 223 Å². The summed E-state index contributed by atoms with van der Waals surface area (Å²) >= 11 is 5.63. The molecule has 67 heavy (non-hydrogen) atoms. The third kappa shape index (κ3) is 6.69. The Morgan fingerprint density at radius 3 is 1.75 bits per heavy atom. The molecule has 10 aromatic rings. The summed E-state index contributed by atoms with van der Waals surface area (Å²) in [6.45, 7) is 23.4. The number of benzene rings is 7. The molecule has 2 aliphatic rings. The topological polar surface area (TPSA) is 6.48 Å². The van der Waals surface area contributed by atoms with Crippen LogP contribution in [0.4, 0.5) is 33.4 Å². The molecule has 0 saturated carbocycles. The molecule has 2 aliphatic heterocycles. The summed E-state index contributed by atoms with van der Waals surface area (Å²) < 4.78 is 3.97. The Hall–Kier alpha value is -5.92. The second-order valence-electron chi connectivity index (χ2n) is 21.3. The van der Waals surface area contributed by atoms with Crippen LogP contribution in [0.2, 0.25) is 0 Å². The van der Waals surface area contributed by atoms with Crippen LogP contribution in [0, 0.1) is 13.8 Å². The van der Waals surface area contributed by atoms with E-state index in [0.29, 0.717) is 5.92 Å². The summed E-state index contributed by atoms with van der Waals surface area (Å²) in [7, 11) is 0. The van der Waals surface area contributed by atoms with Crippen molar-refractivity contribution in [2.75, 3.05) is 9.80 Å². The molecule has 0 unspecified atom stereocenters. The van der Waals surface area contributed by atoms with Crippen LogP contribution in [0.3, 0.4) is 0 Å². The molecule has 0 bridgehead atoms. The fourth-order valence-corrected chi connectivity index (χ4v) is 14.1. The molecule has 0 fully saturated rings. The van der Waals surface area contributed by atoms with E-state index in [9.17, 15) is 0 Å². The van der Waals surface area contributed by atoms with Crippen molar-refractivity contribution in [1.29, 1.82) is 0 Å². The summed E-state index contributed by atoms with van der Waals surface area (Å²) in [6, 6.07) is 51.8. The average molecular weight is 923 g/mol. The van der Waals surface area contributed by atoms with Gasteiger partial charge in [-0.05, 0) is 151 Å². The lowest BCUT2D eigenvalue weighted by atomic mass is 9.33. The number of hydrogen-bond acceptors (Lipinski definition) is 5. The van der Waals surface area contributed by atoms with Crippen LogP contribution < -0.4 is 26.2 Å². The minimum absolute atomic E-state index is 0.000830. The molecule has 12 rings (SSSR count). The first-order chi connectivity index (χ1) is 32.1. The van der Waals surface area contributed by atoms with Gasteiger partial charge in [-0.3, -0.25) is 0 Å². The number of aryl methyl sites for hydroxylation is 2. The van der Waals surface area contributed by atoms with Crippen LogP contribution in [0.1, 0.15) is 89.1 Å². The van der Waals surface area contributed by atoms with E-state index in [0.717, 1.165) is 0 Å². The van der Waals surface area contributed by atoms with E-state index < -0.39 is 0 Å². The zero-order chi connectivity index (χ0) is 46.3. The highest BCUT2D eigenvalue weighted by atomic mass is 32.1. The second kappa shape index (κ2) is 15.3. The van der Waals surface area contributed by atoms with Crippen molar-refractivity contribution in [2.24, 2.45) is 0 Å². The maximum atomic E-state index is 2.69. The molecule has 2 nitrogen and oxygen atoms in total. The van der Waals surface area contributed by atoms with Crippen LogP contribution in [0.5, 0.6) is 0 Å². The van der Waals surface area contributed by atoms with E-state index in [4.69, 9.17) is 0 Å². The van der Waals surface area contributed by atoms with Gasteiger partial charge in [-0.25, -0.2) is 0 Å². The zero-order valence-corrected chi connectivity index (χ0v) is 42.6. The summed E-state index contributed by atoms with van der Waals surface area (Å²) in [6.07, 6.45) is 0. The van der Waals surface area contributed by atoms with Gasteiger partial charge in [0.15, 0.2) is 0 Å². The number of fused-ring (bicyclic) bond motifs is 8. The normalized spacial score (nSPS) is 13.6. The van der Waals surface area contributed by atoms with Crippen molar-refractivity contribution in [3.63, 3.8) is 0 Å². The molecule has 0 amide bonds. The molecule has 0 aliphatic carbocycles. The maximum Gasteiger partial charge on any atom is 0.254 e. The largest absolute Gasteiger partial charge is 0.311 e. The Labute approximate surface area is 408 Å². The molecule has 330 valence electrons. The number of nitrogens with zero attached hydrogens (tertiary/aromatic N) is 2. The highest BCUT2D eigenvalue weighted by Crippen LogP contribution is 2.52. The Kier molecular flexibility index (Phi) is 9.69. The van der Waals surface area contributed by atoms with E-state index in [1.54, 1.807) is 0 Å². The molecule has 5 heterocycles. The zero-order valence-electron chi connectivity index (χ0n) is 40.1. The SMILES string of the molecule is Cc1cc(C(C)(C)C)cc(C)c1N1c2cc(C(C)C)cc3c2B(c2ccc(-c4csc5ccccc45)cc2N3c2cccc(-c3csc4ccccc34)c2)c2c1sc1ccc(C(C)(C)C)cc21. The Bertz CT molecular complexity index is 3620. The average Bonchev–Trinajstić information content (AvgIpc) is 4.04.